The molecule has 6 nitrogen and oxygen atoms in total. The number of aliphatic carboxylic acids is 1. The smallest absolute Gasteiger partial charge is 0.310 e. The first kappa shape index (κ1) is 17.9. The molecule has 1 saturated heterocycles. The molecule has 0 bridgehead atoms. The summed E-state index contributed by atoms with van der Waals surface area (Å²) in [6, 6.07) is 0. The minimum absolute atomic E-state index is 0.0474. The number of carbonyl (C=O) groups excluding carboxylic acids is 1. The number of amides is 1. The first-order valence-electron chi connectivity index (χ1n) is 7.31. The molecular weight excluding hydrogens is 274 g/mol. The second kappa shape index (κ2) is 6.32. The second-order valence-electron chi connectivity index (χ2n) is 7.01. The summed E-state index contributed by atoms with van der Waals surface area (Å²) in [7, 11) is 0. The molecule has 0 spiro atoms. The van der Waals surface area contributed by atoms with E-state index < -0.39 is 23.1 Å². The molecule has 2 unspecified atom stereocenters. The summed E-state index contributed by atoms with van der Waals surface area (Å²) in [5, 5.41) is 18.7. The number of carboxylic acids is 1. The van der Waals surface area contributed by atoms with Crippen molar-refractivity contribution in [1.82, 2.24) is 4.90 Å². The van der Waals surface area contributed by atoms with Gasteiger partial charge < -0.3 is 19.8 Å². The molecule has 0 radical (unpaired) electrons. The summed E-state index contributed by atoms with van der Waals surface area (Å²) >= 11 is 0. The van der Waals surface area contributed by atoms with Gasteiger partial charge in [0, 0.05) is 19.5 Å². The number of carboxylic acid groups (broad SMARTS) is 1. The molecular formula is C15H27NO5. The van der Waals surface area contributed by atoms with Crippen LogP contribution in [0.15, 0.2) is 0 Å². The molecule has 0 saturated carbocycles. The van der Waals surface area contributed by atoms with Crippen molar-refractivity contribution >= 4 is 11.9 Å². The van der Waals surface area contributed by atoms with Crippen molar-refractivity contribution < 1.29 is 24.5 Å². The van der Waals surface area contributed by atoms with Gasteiger partial charge in [0.15, 0.2) is 0 Å². The van der Waals surface area contributed by atoms with Crippen molar-refractivity contribution in [3.8, 4) is 0 Å². The molecule has 0 aromatic carbocycles. The van der Waals surface area contributed by atoms with Gasteiger partial charge in [0.05, 0.1) is 23.7 Å². The monoisotopic (exact) mass is 301 g/mol. The summed E-state index contributed by atoms with van der Waals surface area (Å²) in [4.78, 5) is 25.6. The quantitative estimate of drug-likeness (QED) is 0.794. The number of carbonyl (C=O) groups is 2. The Morgan fingerprint density at radius 2 is 2.00 bits per heavy atom. The van der Waals surface area contributed by atoms with E-state index in [0.29, 0.717) is 13.1 Å². The molecule has 21 heavy (non-hydrogen) atoms. The lowest BCUT2D eigenvalue weighted by molar-refractivity contribution is -0.171. The molecule has 1 rings (SSSR count). The van der Waals surface area contributed by atoms with Gasteiger partial charge in [-0.2, -0.15) is 0 Å². The van der Waals surface area contributed by atoms with Gasteiger partial charge in [0.2, 0.25) is 5.91 Å². The maximum absolute atomic E-state index is 12.5. The third kappa shape index (κ3) is 4.17. The predicted molar refractivity (Wildman–Crippen MR) is 77.8 cm³/mol. The van der Waals surface area contributed by atoms with Crippen molar-refractivity contribution in [3.05, 3.63) is 0 Å². The minimum atomic E-state index is -1.09. The van der Waals surface area contributed by atoms with Crippen LogP contribution in [0.1, 0.15) is 41.0 Å². The van der Waals surface area contributed by atoms with Crippen LogP contribution >= 0.6 is 0 Å². The Bertz CT molecular complexity index is 407. The Hall–Kier alpha value is -1.14. The molecule has 1 heterocycles. The van der Waals surface area contributed by atoms with E-state index in [9.17, 15) is 19.8 Å². The molecule has 122 valence electrons. The fraction of sp³-hybridized carbons (Fsp3) is 0.867. The zero-order valence-corrected chi connectivity index (χ0v) is 13.5. The molecule has 0 aromatic heterocycles. The SMILES string of the molecule is CC(C)C(C)(CC(=O)N1CC(CO)OC(C)(C)C1)C(=O)O. The highest BCUT2D eigenvalue weighted by molar-refractivity contribution is 5.85. The molecule has 0 aromatic rings. The van der Waals surface area contributed by atoms with Crippen LogP contribution in [-0.2, 0) is 14.3 Å². The first-order chi connectivity index (χ1) is 9.51. The van der Waals surface area contributed by atoms with Gasteiger partial charge in [-0.25, -0.2) is 0 Å². The van der Waals surface area contributed by atoms with E-state index in [2.05, 4.69) is 0 Å². The number of nitrogens with zero attached hydrogens (tertiary/aromatic N) is 1. The number of aliphatic hydroxyl groups excluding tert-OH is 1. The molecule has 0 aliphatic carbocycles. The van der Waals surface area contributed by atoms with Gasteiger partial charge in [-0.15, -0.1) is 0 Å². The molecule has 2 atom stereocenters. The Morgan fingerprint density at radius 3 is 2.43 bits per heavy atom. The fourth-order valence-corrected chi connectivity index (χ4v) is 2.53. The second-order valence-corrected chi connectivity index (χ2v) is 7.01. The van der Waals surface area contributed by atoms with Crippen LogP contribution in [0.2, 0.25) is 0 Å². The number of morpholine rings is 1. The maximum atomic E-state index is 12.5. The lowest BCUT2D eigenvalue weighted by Gasteiger charge is -2.43. The summed E-state index contributed by atoms with van der Waals surface area (Å²) in [5.41, 5.74) is -1.63. The van der Waals surface area contributed by atoms with E-state index in [1.807, 2.05) is 13.8 Å². The van der Waals surface area contributed by atoms with Crippen molar-refractivity contribution in [2.75, 3.05) is 19.7 Å². The van der Waals surface area contributed by atoms with E-state index >= 15 is 0 Å². The summed E-state index contributed by atoms with van der Waals surface area (Å²) < 4.78 is 5.67. The first-order valence-corrected chi connectivity index (χ1v) is 7.31. The number of hydrogen-bond acceptors (Lipinski definition) is 4. The van der Waals surface area contributed by atoms with E-state index in [4.69, 9.17) is 4.74 Å². The van der Waals surface area contributed by atoms with Crippen LogP contribution < -0.4 is 0 Å². The van der Waals surface area contributed by atoms with Gasteiger partial charge in [-0.3, -0.25) is 9.59 Å². The normalized spacial score (nSPS) is 24.7. The summed E-state index contributed by atoms with van der Waals surface area (Å²) in [6.07, 6.45) is -0.471. The van der Waals surface area contributed by atoms with E-state index in [0.717, 1.165) is 0 Å². The van der Waals surface area contributed by atoms with Crippen LogP contribution in [0.25, 0.3) is 0 Å². The fourth-order valence-electron chi connectivity index (χ4n) is 2.53. The number of ether oxygens (including phenoxy) is 1. The zero-order valence-electron chi connectivity index (χ0n) is 13.5. The Balaban J connectivity index is 2.85. The highest BCUT2D eigenvalue weighted by atomic mass is 16.5. The molecule has 2 N–H and O–H groups in total. The summed E-state index contributed by atoms with van der Waals surface area (Å²) in [5.74, 6) is -1.32. The summed E-state index contributed by atoms with van der Waals surface area (Å²) in [6.45, 7) is 9.47. The van der Waals surface area contributed by atoms with Crippen molar-refractivity contribution in [2.24, 2.45) is 11.3 Å². The average Bonchev–Trinajstić information content (AvgIpc) is 2.35. The molecule has 6 heteroatoms. The number of aliphatic hydroxyl groups is 1. The predicted octanol–water partition coefficient (Wildman–Crippen LogP) is 1.12. The van der Waals surface area contributed by atoms with Gasteiger partial charge in [-0.1, -0.05) is 13.8 Å². The number of rotatable bonds is 5. The van der Waals surface area contributed by atoms with Crippen LogP contribution in [0, 0.1) is 11.3 Å². The molecule has 1 aliphatic rings. The van der Waals surface area contributed by atoms with Crippen molar-refractivity contribution in [2.45, 2.75) is 52.7 Å². The largest absolute Gasteiger partial charge is 0.481 e. The molecule has 1 fully saturated rings. The van der Waals surface area contributed by atoms with Gasteiger partial charge in [0.1, 0.15) is 0 Å². The third-order valence-corrected chi connectivity index (χ3v) is 4.32. The highest BCUT2D eigenvalue weighted by Crippen LogP contribution is 2.33. The Labute approximate surface area is 126 Å². The lowest BCUT2D eigenvalue weighted by atomic mass is 9.76. The van der Waals surface area contributed by atoms with Gasteiger partial charge in [-0.05, 0) is 26.7 Å². The molecule has 1 amide bonds. The minimum Gasteiger partial charge on any atom is -0.481 e. The third-order valence-electron chi connectivity index (χ3n) is 4.32. The van der Waals surface area contributed by atoms with E-state index in [-0.39, 0.29) is 24.9 Å². The van der Waals surface area contributed by atoms with Crippen LogP contribution in [0.5, 0.6) is 0 Å². The Kier molecular flexibility index (Phi) is 5.39. The van der Waals surface area contributed by atoms with E-state index in [1.54, 1.807) is 25.7 Å². The maximum Gasteiger partial charge on any atom is 0.310 e. The van der Waals surface area contributed by atoms with Crippen LogP contribution in [0.3, 0.4) is 0 Å². The highest BCUT2D eigenvalue weighted by Gasteiger charge is 2.42. The topological polar surface area (TPSA) is 87.1 Å². The van der Waals surface area contributed by atoms with Crippen molar-refractivity contribution in [3.63, 3.8) is 0 Å². The Morgan fingerprint density at radius 1 is 1.43 bits per heavy atom. The van der Waals surface area contributed by atoms with Crippen molar-refractivity contribution in [1.29, 1.82) is 0 Å². The number of hydrogen-bond donors (Lipinski definition) is 2. The molecule has 1 aliphatic heterocycles. The lowest BCUT2D eigenvalue weighted by Crippen LogP contribution is -2.56. The zero-order chi connectivity index (χ0) is 16.4. The standard InChI is InChI=1S/C15H27NO5/c1-10(2)15(5,13(19)20)6-12(18)16-7-11(8-17)21-14(3,4)9-16/h10-11,17H,6-9H2,1-5H3,(H,19,20). The van der Waals surface area contributed by atoms with Crippen LogP contribution in [0.4, 0.5) is 0 Å². The van der Waals surface area contributed by atoms with E-state index in [1.165, 1.54) is 0 Å². The van der Waals surface area contributed by atoms with Gasteiger partial charge >= 0.3 is 5.97 Å². The average molecular weight is 301 g/mol. The van der Waals surface area contributed by atoms with Gasteiger partial charge in [0.25, 0.3) is 0 Å². The van der Waals surface area contributed by atoms with Crippen LogP contribution in [-0.4, -0.2) is 58.4 Å².